The molecule has 164 valence electrons. The summed E-state index contributed by atoms with van der Waals surface area (Å²) in [6, 6.07) is 14.8. The molecule has 7 nitrogen and oxygen atoms in total. The molecule has 0 spiro atoms. The first-order valence-electron chi connectivity index (χ1n) is 11.1. The molecule has 3 heterocycles. The molecule has 7 heteroatoms. The van der Waals surface area contributed by atoms with Gasteiger partial charge in [-0.05, 0) is 41.5 Å². The molecule has 0 bridgehead atoms. The SMILES string of the molecule is CN=C(NCc1ccc(CN2CC(C)CC(C)C2)cc1)NCc1nnc2ccccn12. The van der Waals surface area contributed by atoms with E-state index in [1.807, 2.05) is 28.8 Å². The number of nitrogens with zero attached hydrogens (tertiary/aromatic N) is 5. The summed E-state index contributed by atoms with van der Waals surface area (Å²) in [5.74, 6) is 3.18. The second kappa shape index (κ2) is 9.92. The van der Waals surface area contributed by atoms with Crippen LogP contribution in [0.2, 0.25) is 0 Å². The molecule has 0 amide bonds. The van der Waals surface area contributed by atoms with Crippen LogP contribution < -0.4 is 10.6 Å². The van der Waals surface area contributed by atoms with E-state index in [0.29, 0.717) is 6.54 Å². The molecular formula is C24H33N7. The Morgan fingerprint density at radius 3 is 2.42 bits per heavy atom. The standard InChI is InChI=1S/C24H33N7/c1-18-12-19(2)16-30(15-18)17-21-9-7-20(8-10-21)13-26-24(25-3)27-14-23-29-28-22-6-4-5-11-31(22)23/h4-11,18-19H,12-17H2,1-3H3,(H2,25,26,27). The summed E-state index contributed by atoms with van der Waals surface area (Å²) in [5.41, 5.74) is 3.46. The molecule has 1 aromatic carbocycles. The van der Waals surface area contributed by atoms with E-state index in [-0.39, 0.29) is 0 Å². The van der Waals surface area contributed by atoms with E-state index in [9.17, 15) is 0 Å². The number of hydrogen-bond acceptors (Lipinski definition) is 4. The van der Waals surface area contributed by atoms with Crippen molar-refractivity contribution >= 4 is 11.6 Å². The Kier molecular flexibility index (Phi) is 6.82. The summed E-state index contributed by atoms with van der Waals surface area (Å²) in [4.78, 5) is 6.91. The van der Waals surface area contributed by atoms with Crippen LogP contribution in [-0.2, 0) is 19.6 Å². The van der Waals surface area contributed by atoms with Gasteiger partial charge in [0.2, 0.25) is 0 Å². The predicted molar refractivity (Wildman–Crippen MR) is 125 cm³/mol. The summed E-state index contributed by atoms with van der Waals surface area (Å²) in [5, 5.41) is 15.1. The number of nitrogens with one attached hydrogen (secondary N) is 2. The maximum Gasteiger partial charge on any atom is 0.191 e. The van der Waals surface area contributed by atoms with Gasteiger partial charge in [0.15, 0.2) is 17.4 Å². The number of fused-ring (bicyclic) bond motifs is 1. The fourth-order valence-corrected chi connectivity index (χ4v) is 4.52. The molecule has 0 radical (unpaired) electrons. The molecule has 0 saturated carbocycles. The van der Waals surface area contributed by atoms with Gasteiger partial charge in [0.05, 0.1) is 6.54 Å². The van der Waals surface area contributed by atoms with Crippen LogP contribution in [-0.4, -0.2) is 45.6 Å². The highest BCUT2D eigenvalue weighted by molar-refractivity contribution is 5.79. The second-order valence-electron chi connectivity index (χ2n) is 8.78. The van der Waals surface area contributed by atoms with E-state index < -0.39 is 0 Å². The Morgan fingerprint density at radius 1 is 0.968 bits per heavy atom. The average molecular weight is 420 g/mol. The Hall–Kier alpha value is -2.93. The lowest BCUT2D eigenvalue weighted by atomic mass is 9.91. The molecular weight excluding hydrogens is 386 g/mol. The lowest BCUT2D eigenvalue weighted by Crippen LogP contribution is -2.38. The second-order valence-corrected chi connectivity index (χ2v) is 8.78. The normalized spacial score (nSPS) is 20.2. The average Bonchev–Trinajstić information content (AvgIpc) is 3.17. The summed E-state index contributed by atoms with van der Waals surface area (Å²) >= 11 is 0. The molecule has 2 aromatic heterocycles. The third-order valence-corrected chi connectivity index (χ3v) is 5.86. The van der Waals surface area contributed by atoms with Crippen LogP contribution in [0.25, 0.3) is 5.65 Å². The van der Waals surface area contributed by atoms with Crippen molar-refractivity contribution in [3.8, 4) is 0 Å². The molecule has 1 aliphatic heterocycles. The van der Waals surface area contributed by atoms with Crippen molar-refractivity contribution in [2.45, 2.75) is 39.9 Å². The molecule has 2 N–H and O–H groups in total. The Morgan fingerprint density at radius 2 is 1.68 bits per heavy atom. The minimum absolute atomic E-state index is 0.552. The number of likely N-dealkylation sites (tertiary alicyclic amines) is 1. The highest BCUT2D eigenvalue weighted by atomic mass is 15.3. The quantitative estimate of drug-likeness (QED) is 0.475. The number of pyridine rings is 1. The van der Waals surface area contributed by atoms with E-state index in [2.05, 4.69) is 68.8 Å². The van der Waals surface area contributed by atoms with Crippen molar-refractivity contribution < 1.29 is 0 Å². The predicted octanol–water partition coefficient (Wildman–Crippen LogP) is 3.07. The molecule has 1 saturated heterocycles. The number of piperidine rings is 1. The molecule has 1 fully saturated rings. The first kappa shape index (κ1) is 21.3. The van der Waals surface area contributed by atoms with Crippen LogP contribution in [0.3, 0.4) is 0 Å². The van der Waals surface area contributed by atoms with Crippen molar-refractivity contribution in [1.29, 1.82) is 0 Å². The third-order valence-electron chi connectivity index (χ3n) is 5.86. The zero-order chi connectivity index (χ0) is 21.6. The molecule has 4 rings (SSSR count). The summed E-state index contributed by atoms with van der Waals surface area (Å²) in [6.07, 6.45) is 3.32. The zero-order valence-electron chi connectivity index (χ0n) is 18.8. The van der Waals surface area contributed by atoms with Gasteiger partial charge in [0, 0.05) is 39.4 Å². The van der Waals surface area contributed by atoms with Crippen LogP contribution >= 0.6 is 0 Å². The number of rotatable bonds is 6. The van der Waals surface area contributed by atoms with Crippen molar-refractivity contribution in [2.75, 3.05) is 20.1 Å². The van der Waals surface area contributed by atoms with Gasteiger partial charge < -0.3 is 10.6 Å². The topological polar surface area (TPSA) is 69.8 Å². The van der Waals surface area contributed by atoms with E-state index in [0.717, 1.165) is 42.4 Å². The highest BCUT2D eigenvalue weighted by Crippen LogP contribution is 2.22. The maximum absolute atomic E-state index is 4.32. The van der Waals surface area contributed by atoms with Gasteiger partial charge in [0.1, 0.15) is 0 Å². The lowest BCUT2D eigenvalue weighted by Gasteiger charge is -2.35. The Balaban J connectivity index is 1.27. The largest absolute Gasteiger partial charge is 0.352 e. The van der Waals surface area contributed by atoms with Gasteiger partial charge in [0.25, 0.3) is 0 Å². The molecule has 2 unspecified atom stereocenters. The minimum atomic E-state index is 0.552. The maximum atomic E-state index is 4.32. The summed E-state index contributed by atoms with van der Waals surface area (Å²) in [6.45, 7) is 9.45. The van der Waals surface area contributed by atoms with E-state index in [4.69, 9.17) is 0 Å². The number of hydrogen-bond donors (Lipinski definition) is 2. The molecule has 3 aromatic rings. The fourth-order valence-electron chi connectivity index (χ4n) is 4.52. The Labute approximate surface area is 184 Å². The van der Waals surface area contributed by atoms with Crippen molar-refractivity contribution in [3.63, 3.8) is 0 Å². The van der Waals surface area contributed by atoms with Crippen LogP contribution in [0.15, 0.2) is 53.7 Å². The van der Waals surface area contributed by atoms with Gasteiger partial charge in [-0.25, -0.2) is 0 Å². The van der Waals surface area contributed by atoms with E-state index in [1.54, 1.807) is 7.05 Å². The first-order chi connectivity index (χ1) is 15.1. The monoisotopic (exact) mass is 419 g/mol. The van der Waals surface area contributed by atoms with Gasteiger partial charge in [-0.3, -0.25) is 14.3 Å². The lowest BCUT2D eigenvalue weighted by molar-refractivity contribution is 0.134. The molecule has 0 aliphatic carbocycles. The fraction of sp³-hybridized carbons (Fsp3) is 0.458. The molecule has 31 heavy (non-hydrogen) atoms. The smallest absolute Gasteiger partial charge is 0.191 e. The van der Waals surface area contributed by atoms with Crippen LogP contribution in [0.5, 0.6) is 0 Å². The third kappa shape index (κ3) is 5.61. The van der Waals surface area contributed by atoms with Gasteiger partial charge in [-0.1, -0.05) is 44.2 Å². The van der Waals surface area contributed by atoms with Crippen LogP contribution in [0.1, 0.15) is 37.2 Å². The summed E-state index contributed by atoms with van der Waals surface area (Å²) in [7, 11) is 1.78. The zero-order valence-corrected chi connectivity index (χ0v) is 18.8. The summed E-state index contributed by atoms with van der Waals surface area (Å²) < 4.78 is 1.98. The van der Waals surface area contributed by atoms with Crippen molar-refractivity contribution in [1.82, 2.24) is 30.1 Å². The number of aromatic nitrogens is 3. The van der Waals surface area contributed by atoms with E-state index >= 15 is 0 Å². The van der Waals surface area contributed by atoms with Crippen molar-refractivity contribution in [2.24, 2.45) is 16.8 Å². The number of aliphatic imine (C=N–C) groups is 1. The van der Waals surface area contributed by atoms with Crippen LogP contribution in [0, 0.1) is 11.8 Å². The number of benzene rings is 1. The molecule has 2 atom stereocenters. The number of guanidine groups is 1. The first-order valence-corrected chi connectivity index (χ1v) is 11.1. The Bertz CT molecular complexity index is 998. The van der Waals surface area contributed by atoms with Gasteiger partial charge in [-0.2, -0.15) is 0 Å². The minimum Gasteiger partial charge on any atom is -0.352 e. The highest BCUT2D eigenvalue weighted by Gasteiger charge is 2.21. The molecule has 1 aliphatic rings. The van der Waals surface area contributed by atoms with Gasteiger partial charge in [-0.15, -0.1) is 10.2 Å². The van der Waals surface area contributed by atoms with E-state index in [1.165, 1.54) is 30.6 Å². The van der Waals surface area contributed by atoms with Gasteiger partial charge >= 0.3 is 0 Å². The van der Waals surface area contributed by atoms with Crippen molar-refractivity contribution in [3.05, 3.63) is 65.6 Å². The van der Waals surface area contributed by atoms with Crippen LogP contribution in [0.4, 0.5) is 0 Å².